The van der Waals surface area contributed by atoms with Crippen LogP contribution in [0.1, 0.15) is 60.3 Å². The SMILES string of the molecule is CCCC[C@H](CPOC)C(O)/C=C\C[C@H](C)O[Si](c1ccccc1)(c1ccccc1)C(C)(C)C. The molecule has 0 fully saturated rings. The van der Waals surface area contributed by atoms with Crippen LogP contribution in [0, 0.1) is 5.92 Å². The van der Waals surface area contributed by atoms with E-state index in [0.29, 0.717) is 8.81 Å². The van der Waals surface area contributed by atoms with Gasteiger partial charge in [-0.1, -0.05) is 113 Å². The Morgan fingerprint density at radius 2 is 1.56 bits per heavy atom. The number of hydrogen-bond donors (Lipinski definition) is 1. The first-order valence-electron chi connectivity index (χ1n) is 12.7. The number of hydrogen-bond acceptors (Lipinski definition) is 3. The van der Waals surface area contributed by atoms with Gasteiger partial charge in [0.05, 0.1) is 6.10 Å². The third kappa shape index (κ3) is 7.86. The number of unbranched alkanes of at least 4 members (excludes halogenated alkanes) is 1. The molecule has 0 bridgehead atoms. The van der Waals surface area contributed by atoms with Crippen LogP contribution in [-0.4, -0.2) is 38.9 Å². The van der Waals surface area contributed by atoms with Gasteiger partial charge in [-0.2, -0.15) is 0 Å². The molecule has 2 aromatic carbocycles. The maximum absolute atomic E-state index is 10.8. The molecule has 0 aliphatic carbocycles. The lowest BCUT2D eigenvalue weighted by Gasteiger charge is -2.44. The lowest BCUT2D eigenvalue weighted by atomic mass is 9.97. The molecule has 0 saturated heterocycles. The van der Waals surface area contributed by atoms with Gasteiger partial charge in [0.2, 0.25) is 0 Å². The Hall–Kier alpha value is -1.29. The first-order valence-corrected chi connectivity index (χ1v) is 15.7. The van der Waals surface area contributed by atoms with Crippen molar-refractivity contribution >= 4 is 27.5 Å². The van der Waals surface area contributed by atoms with Crippen LogP contribution in [0.2, 0.25) is 5.04 Å². The van der Waals surface area contributed by atoms with Gasteiger partial charge in [0.15, 0.2) is 0 Å². The van der Waals surface area contributed by atoms with Gasteiger partial charge in [0.25, 0.3) is 8.32 Å². The average Bonchev–Trinajstić information content (AvgIpc) is 2.83. The van der Waals surface area contributed by atoms with E-state index < -0.39 is 14.4 Å². The Morgan fingerprint density at radius 3 is 2.03 bits per heavy atom. The molecule has 0 aliphatic heterocycles. The highest BCUT2D eigenvalue weighted by Crippen LogP contribution is 2.37. The summed E-state index contributed by atoms with van der Waals surface area (Å²) in [6, 6.07) is 21.5. The molecule has 0 aromatic heterocycles. The summed E-state index contributed by atoms with van der Waals surface area (Å²) in [7, 11) is -0.381. The molecule has 2 aromatic rings. The van der Waals surface area contributed by atoms with E-state index >= 15 is 0 Å². The zero-order valence-electron chi connectivity index (χ0n) is 22.0. The largest absolute Gasteiger partial charge is 0.404 e. The molecule has 0 heterocycles. The van der Waals surface area contributed by atoms with Crippen molar-refractivity contribution in [1.29, 1.82) is 0 Å². The fourth-order valence-electron chi connectivity index (χ4n) is 4.66. The standard InChI is InChI=1S/C29H45O3PSi/c1-7-8-17-25(23-33-31-6)28(30)22-15-16-24(2)32-34(29(3,4)5,26-18-11-9-12-19-26)27-20-13-10-14-21-27/h9-15,18-22,24-25,28,30,33H,7-8,16-17,23H2,1-6H3/b22-15-/t24-,25+,28?/m0/s1. The predicted octanol–water partition coefficient (Wildman–Crippen LogP) is 6.31. The van der Waals surface area contributed by atoms with Crippen molar-refractivity contribution in [2.75, 3.05) is 13.3 Å². The minimum absolute atomic E-state index is 0.0321. The van der Waals surface area contributed by atoms with Crippen molar-refractivity contribution in [3.63, 3.8) is 0 Å². The second-order valence-corrected chi connectivity index (χ2v) is 15.6. The third-order valence-corrected chi connectivity index (χ3v) is 12.6. The van der Waals surface area contributed by atoms with E-state index in [0.717, 1.165) is 31.8 Å². The average molecular weight is 501 g/mol. The summed E-state index contributed by atoms with van der Waals surface area (Å²) in [5, 5.41) is 13.4. The third-order valence-electron chi connectivity index (χ3n) is 6.50. The predicted molar refractivity (Wildman–Crippen MR) is 151 cm³/mol. The van der Waals surface area contributed by atoms with E-state index in [1.807, 2.05) is 6.08 Å². The smallest absolute Gasteiger partial charge is 0.261 e. The van der Waals surface area contributed by atoms with E-state index in [4.69, 9.17) is 8.95 Å². The van der Waals surface area contributed by atoms with Crippen molar-refractivity contribution in [1.82, 2.24) is 0 Å². The summed E-state index contributed by atoms with van der Waals surface area (Å²) >= 11 is 0. The molecular weight excluding hydrogens is 455 g/mol. The topological polar surface area (TPSA) is 38.7 Å². The first kappa shape index (κ1) is 28.9. The van der Waals surface area contributed by atoms with Crippen LogP contribution in [-0.2, 0) is 8.95 Å². The maximum atomic E-state index is 10.8. The molecule has 0 aliphatic rings. The molecule has 4 atom stereocenters. The Labute approximate surface area is 211 Å². The quantitative estimate of drug-likeness (QED) is 0.188. The molecular formula is C29H45O3PSi. The fourth-order valence-corrected chi connectivity index (χ4v) is 10.2. The lowest BCUT2D eigenvalue weighted by molar-refractivity contribution is 0.155. The van der Waals surface area contributed by atoms with Crippen LogP contribution in [0.5, 0.6) is 0 Å². The number of benzene rings is 2. The Balaban J connectivity index is 2.24. The van der Waals surface area contributed by atoms with Crippen LogP contribution < -0.4 is 10.4 Å². The molecule has 0 radical (unpaired) electrons. The summed E-state index contributed by atoms with van der Waals surface area (Å²) in [6.45, 7) is 11.3. The van der Waals surface area contributed by atoms with Gasteiger partial charge in [-0.25, -0.2) is 0 Å². The number of aliphatic hydroxyl groups excluding tert-OH is 1. The van der Waals surface area contributed by atoms with Gasteiger partial charge in [-0.3, -0.25) is 0 Å². The van der Waals surface area contributed by atoms with Crippen LogP contribution in [0.15, 0.2) is 72.8 Å². The molecule has 0 amide bonds. The van der Waals surface area contributed by atoms with Crippen molar-refractivity contribution in [3.05, 3.63) is 72.8 Å². The molecule has 0 spiro atoms. The molecule has 34 heavy (non-hydrogen) atoms. The lowest BCUT2D eigenvalue weighted by Crippen LogP contribution is -2.67. The van der Waals surface area contributed by atoms with Crippen LogP contribution in [0.3, 0.4) is 0 Å². The van der Waals surface area contributed by atoms with E-state index in [9.17, 15) is 5.11 Å². The maximum Gasteiger partial charge on any atom is 0.261 e. The highest BCUT2D eigenvalue weighted by atomic mass is 31.1. The Kier molecular flexibility index (Phi) is 12.2. The summed E-state index contributed by atoms with van der Waals surface area (Å²) in [6.07, 6.45) is 8.69. The van der Waals surface area contributed by atoms with E-state index in [1.165, 1.54) is 10.4 Å². The number of aliphatic hydroxyl groups is 1. The van der Waals surface area contributed by atoms with Gasteiger partial charge >= 0.3 is 0 Å². The minimum Gasteiger partial charge on any atom is -0.404 e. The van der Waals surface area contributed by atoms with E-state index in [2.05, 4.69) is 101 Å². The van der Waals surface area contributed by atoms with E-state index in [1.54, 1.807) is 7.11 Å². The Morgan fingerprint density at radius 1 is 1.00 bits per heavy atom. The summed E-state index contributed by atoms with van der Waals surface area (Å²) in [5.41, 5.74) is 0. The first-order chi connectivity index (χ1) is 16.3. The van der Waals surface area contributed by atoms with Gasteiger partial charge in [0.1, 0.15) is 0 Å². The highest BCUT2D eigenvalue weighted by molar-refractivity contribution is 7.32. The summed E-state index contributed by atoms with van der Waals surface area (Å²) in [5.74, 6) is 0.252. The van der Waals surface area contributed by atoms with Crippen LogP contribution in [0.25, 0.3) is 0 Å². The normalized spacial score (nSPS) is 15.7. The highest BCUT2D eigenvalue weighted by Gasteiger charge is 2.50. The second kappa shape index (κ2) is 14.3. The van der Waals surface area contributed by atoms with Crippen molar-refractivity contribution in [2.24, 2.45) is 5.92 Å². The van der Waals surface area contributed by atoms with Crippen molar-refractivity contribution in [3.8, 4) is 0 Å². The molecule has 2 rings (SSSR count). The monoisotopic (exact) mass is 500 g/mol. The summed E-state index contributed by atoms with van der Waals surface area (Å²) < 4.78 is 12.4. The van der Waals surface area contributed by atoms with Crippen molar-refractivity contribution < 1.29 is 14.1 Å². The zero-order valence-corrected chi connectivity index (χ0v) is 24.0. The minimum atomic E-state index is -2.56. The zero-order chi connectivity index (χ0) is 25.0. The molecule has 0 saturated carbocycles. The second-order valence-electron chi connectivity index (χ2n) is 10.2. The van der Waals surface area contributed by atoms with Crippen molar-refractivity contribution in [2.45, 2.75) is 77.5 Å². The van der Waals surface area contributed by atoms with Crippen LogP contribution >= 0.6 is 8.81 Å². The van der Waals surface area contributed by atoms with Gasteiger partial charge < -0.3 is 14.1 Å². The van der Waals surface area contributed by atoms with Gasteiger partial charge in [-0.15, -0.1) is 0 Å². The molecule has 188 valence electrons. The Bertz CT molecular complexity index is 788. The summed E-state index contributed by atoms with van der Waals surface area (Å²) in [4.78, 5) is 0. The van der Waals surface area contributed by atoms with Gasteiger partial charge in [-0.05, 0) is 47.3 Å². The fraction of sp³-hybridized carbons (Fsp3) is 0.517. The molecule has 5 heteroatoms. The van der Waals surface area contributed by atoms with E-state index in [-0.39, 0.29) is 17.1 Å². The van der Waals surface area contributed by atoms with Gasteiger partial charge in [0, 0.05) is 22.0 Å². The molecule has 3 nitrogen and oxygen atoms in total. The number of rotatable bonds is 14. The van der Waals surface area contributed by atoms with Crippen LogP contribution in [0.4, 0.5) is 0 Å². The molecule has 1 N–H and O–H groups in total. The molecule has 2 unspecified atom stereocenters.